The summed E-state index contributed by atoms with van der Waals surface area (Å²) in [5.41, 5.74) is 8.58. The molecule has 2 heterocycles. The first kappa shape index (κ1) is 24.5. The zero-order valence-corrected chi connectivity index (χ0v) is 18.4. The molecule has 0 amide bonds. The maximum atomic E-state index is 11.9. The molecule has 6 N–H and O–H groups in total. The fourth-order valence-electron chi connectivity index (χ4n) is 3.73. The van der Waals surface area contributed by atoms with Gasteiger partial charge in [-0.3, -0.25) is 10.2 Å². The highest BCUT2D eigenvalue weighted by Crippen LogP contribution is 2.26. The van der Waals surface area contributed by atoms with Crippen LogP contribution in [0.25, 0.3) is 10.9 Å². The number of carboxylic acid groups (broad SMARTS) is 1. The standard InChI is InChI=1S/C22H24N4O3.2ClH/c23-21(24)15-2-1-14-9-16(26-20(14)10-15)11-19(22(27)28)13-3-5-17(6-4-13)29-18-7-8-25-12-18;;/h1-6,9-10,18-19,25-26H,7-8,11-12H2,(H3,23,24)(H,27,28);2*1H/t18-,19?;;/m1../s1. The van der Waals surface area contributed by atoms with Crippen molar-refractivity contribution in [3.63, 3.8) is 0 Å². The second-order valence-electron chi connectivity index (χ2n) is 7.41. The summed E-state index contributed by atoms with van der Waals surface area (Å²) in [6.45, 7) is 1.80. The van der Waals surface area contributed by atoms with E-state index in [4.69, 9.17) is 15.9 Å². The van der Waals surface area contributed by atoms with Crippen LogP contribution in [0.2, 0.25) is 0 Å². The van der Waals surface area contributed by atoms with Gasteiger partial charge in [0.05, 0.1) is 5.92 Å². The lowest BCUT2D eigenvalue weighted by Gasteiger charge is -2.15. The molecule has 1 aliphatic rings. The number of nitrogens with one attached hydrogen (secondary N) is 3. The fourth-order valence-corrected chi connectivity index (χ4v) is 3.73. The lowest BCUT2D eigenvalue weighted by atomic mass is 9.94. The zero-order valence-electron chi connectivity index (χ0n) is 16.8. The van der Waals surface area contributed by atoms with E-state index in [0.29, 0.717) is 12.0 Å². The summed E-state index contributed by atoms with van der Waals surface area (Å²) in [7, 11) is 0. The van der Waals surface area contributed by atoms with Gasteiger partial charge in [-0.25, -0.2) is 0 Å². The molecule has 4 rings (SSSR count). The quantitative estimate of drug-likeness (QED) is 0.270. The minimum absolute atomic E-state index is 0. The number of carboxylic acids is 1. The van der Waals surface area contributed by atoms with E-state index in [-0.39, 0.29) is 36.8 Å². The highest BCUT2D eigenvalue weighted by atomic mass is 35.5. The van der Waals surface area contributed by atoms with E-state index < -0.39 is 11.9 Å². The third-order valence-corrected chi connectivity index (χ3v) is 5.31. The number of carbonyl (C=O) groups is 1. The molecule has 9 heteroatoms. The van der Waals surface area contributed by atoms with Crippen LogP contribution in [0.5, 0.6) is 5.75 Å². The van der Waals surface area contributed by atoms with Gasteiger partial charge in [-0.2, -0.15) is 0 Å². The van der Waals surface area contributed by atoms with Crippen LogP contribution in [0, 0.1) is 5.41 Å². The number of nitrogens with two attached hydrogens (primary N) is 1. The van der Waals surface area contributed by atoms with E-state index in [1.807, 2.05) is 36.4 Å². The van der Waals surface area contributed by atoms with Crippen molar-refractivity contribution >= 4 is 47.5 Å². The molecule has 0 aliphatic carbocycles. The van der Waals surface area contributed by atoms with Gasteiger partial charge in [0, 0.05) is 29.7 Å². The second kappa shape index (κ2) is 10.5. The van der Waals surface area contributed by atoms with E-state index in [9.17, 15) is 9.90 Å². The van der Waals surface area contributed by atoms with E-state index in [1.165, 1.54) is 0 Å². The Hall–Kier alpha value is -2.74. The average Bonchev–Trinajstić information content (AvgIpc) is 3.35. The molecule has 0 spiro atoms. The Morgan fingerprint density at radius 2 is 1.94 bits per heavy atom. The molecule has 0 bridgehead atoms. The highest BCUT2D eigenvalue weighted by molar-refractivity contribution is 5.98. The number of aromatic nitrogens is 1. The normalized spacial score (nSPS) is 16.2. The number of fused-ring (bicyclic) bond motifs is 1. The van der Waals surface area contributed by atoms with Crippen molar-refractivity contribution in [2.45, 2.75) is 24.9 Å². The number of hydrogen-bond donors (Lipinski definition) is 5. The van der Waals surface area contributed by atoms with E-state index in [2.05, 4.69) is 10.3 Å². The van der Waals surface area contributed by atoms with Gasteiger partial charge in [0.1, 0.15) is 17.7 Å². The van der Waals surface area contributed by atoms with Gasteiger partial charge >= 0.3 is 5.97 Å². The topological polar surface area (TPSA) is 124 Å². The summed E-state index contributed by atoms with van der Waals surface area (Å²) in [5.74, 6) is -0.782. The molecule has 166 valence electrons. The van der Waals surface area contributed by atoms with Gasteiger partial charge < -0.3 is 25.9 Å². The number of amidine groups is 1. The molecule has 0 radical (unpaired) electrons. The Labute approximate surface area is 192 Å². The van der Waals surface area contributed by atoms with Crippen molar-refractivity contribution in [3.05, 3.63) is 65.4 Å². The SMILES string of the molecule is Cl.Cl.N=C(N)c1ccc2cc(CC(C(=O)O)c3ccc(O[C@@H]4CCNC4)cc3)[nH]c2c1. The molecular weight excluding hydrogens is 439 g/mol. The molecule has 1 fully saturated rings. The number of nitrogen functional groups attached to an aromatic ring is 1. The molecule has 1 aliphatic heterocycles. The van der Waals surface area contributed by atoms with Gasteiger partial charge in [0.15, 0.2) is 0 Å². The Bertz CT molecular complexity index is 1050. The molecule has 3 aromatic rings. The number of aromatic amines is 1. The predicted molar refractivity (Wildman–Crippen MR) is 126 cm³/mol. The number of hydrogen-bond acceptors (Lipinski definition) is 4. The van der Waals surface area contributed by atoms with Crippen molar-refractivity contribution < 1.29 is 14.6 Å². The van der Waals surface area contributed by atoms with Crippen LogP contribution in [0.4, 0.5) is 0 Å². The van der Waals surface area contributed by atoms with Crippen LogP contribution in [0.1, 0.15) is 29.2 Å². The fraction of sp³-hybridized carbons (Fsp3) is 0.273. The monoisotopic (exact) mass is 464 g/mol. The molecule has 1 unspecified atom stereocenters. The van der Waals surface area contributed by atoms with Crippen LogP contribution in [-0.4, -0.2) is 41.1 Å². The van der Waals surface area contributed by atoms with Crippen LogP contribution < -0.4 is 15.8 Å². The lowest BCUT2D eigenvalue weighted by molar-refractivity contribution is -0.138. The third kappa shape index (κ3) is 5.70. The second-order valence-corrected chi connectivity index (χ2v) is 7.41. The van der Waals surface area contributed by atoms with Gasteiger partial charge in [-0.1, -0.05) is 24.3 Å². The molecule has 2 atom stereocenters. The van der Waals surface area contributed by atoms with Crippen molar-refractivity contribution in [2.75, 3.05) is 13.1 Å². The summed E-state index contributed by atoms with van der Waals surface area (Å²) in [6, 6.07) is 14.8. The van der Waals surface area contributed by atoms with Gasteiger partial charge in [-0.15, -0.1) is 24.8 Å². The van der Waals surface area contributed by atoms with Crippen LogP contribution in [0.15, 0.2) is 48.5 Å². The minimum atomic E-state index is -0.873. The van der Waals surface area contributed by atoms with Gasteiger partial charge in [0.25, 0.3) is 0 Å². The smallest absolute Gasteiger partial charge is 0.311 e. The number of ether oxygens (including phenoxy) is 1. The summed E-state index contributed by atoms with van der Waals surface area (Å²) in [6.07, 6.45) is 1.49. The Kier molecular flexibility index (Phi) is 8.33. The first-order chi connectivity index (χ1) is 14.0. The third-order valence-electron chi connectivity index (χ3n) is 5.31. The number of benzene rings is 2. The number of rotatable bonds is 7. The van der Waals surface area contributed by atoms with Crippen molar-refractivity contribution in [3.8, 4) is 5.75 Å². The Balaban J connectivity index is 0.00000171. The van der Waals surface area contributed by atoms with E-state index in [0.717, 1.165) is 47.4 Å². The largest absolute Gasteiger partial charge is 0.489 e. The first-order valence-corrected chi connectivity index (χ1v) is 9.66. The highest BCUT2D eigenvalue weighted by Gasteiger charge is 2.22. The van der Waals surface area contributed by atoms with E-state index >= 15 is 0 Å². The molecule has 1 aromatic heterocycles. The Morgan fingerprint density at radius 1 is 1.19 bits per heavy atom. The molecule has 1 saturated heterocycles. The molecule has 2 aromatic carbocycles. The van der Waals surface area contributed by atoms with Crippen LogP contribution in [-0.2, 0) is 11.2 Å². The van der Waals surface area contributed by atoms with Crippen LogP contribution in [0.3, 0.4) is 0 Å². The summed E-state index contributed by atoms with van der Waals surface area (Å²) in [4.78, 5) is 15.2. The predicted octanol–water partition coefficient (Wildman–Crippen LogP) is 3.45. The first-order valence-electron chi connectivity index (χ1n) is 9.66. The van der Waals surface area contributed by atoms with Crippen LogP contribution >= 0.6 is 24.8 Å². The molecule has 31 heavy (non-hydrogen) atoms. The number of halogens is 2. The average molecular weight is 465 g/mol. The zero-order chi connectivity index (χ0) is 20.4. The summed E-state index contributed by atoms with van der Waals surface area (Å²) in [5, 5.41) is 21.6. The molecular formula is C22H26Cl2N4O3. The lowest BCUT2D eigenvalue weighted by Crippen LogP contribution is -2.19. The van der Waals surface area contributed by atoms with Gasteiger partial charge in [-0.05, 0) is 48.2 Å². The Morgan fingerprint density at radius 3 is 2.55 bits per heavy atom. The van der Waals surface area contributed by atoms with Crippen molar-refractivity contribution in [1.82, 2.24) is 10.3 Å². The number of H-pyrrole nitrogens is 1. The molecule has 7 nitrogen and oxygen atoms in total. The summed E-state index contributed by atoms with van der Waals surface area (Å²) >= 11 is 0. The number of aliphatic carboxylic acids is 1. The maximum absolute atomic E-state index is 11.9. The van der Waals surface area contributed by atoms with E-state index in [1.54, 1.807) is 12.1 Å². The van der Waals surface area contributed by atoms with Gasteiger partial charge in [0.2, 0.25) is 0 Å². The van der Waals surface area contributed by atoms with Crippen molar-refractivity contribution in [1.29, 1.82) is 5.41 Å². The minimum Gasteiger partial charge on any atom is -0.489 e. The maximum Gasteiger partial charge on any atom is 0.311 e. The molecule has 0 saturated carbocycles. The van der Waals surface area contributed by atoms with Crippen molar-refractivity contribution in [2.24, 2.45) is 5.73 Å². The summed E-state index contributed by atoms with van der Waals surface area (Å²) < 4.78 is 5.92.